The summed E-state index contributed by atoms with van der Waals surface area (Å²) in [4.78, 5) is 37.8. The number of ether oxygens (including phenoxy) is 1. The van der Waals surface area contributed by atoms with Crippen molar-refractivity contribution in [1.29, 1.82) is 0 Å². The summed E-state index contributed by atoms with van der Waals surface area (Å²) in [5.41, 5.74) is 0.628. The fourth-order valence-corrected chi connectivity index (χ4v) is 1.91. The summed E-state index contributed by atoms with van der Waals surface area (Å²) in [6, 6.07) is 0.285. The lowest BCUT2D eigenvalue weighted by Gasteiger charge is -2.27. The molecular formula is C14H15ClFN3O4S. The zero-order valence-corrected chi connectivity index (χ0v) is 14.7. The van der Waals surface area contributed by atoms with Crippen LogP contribution in [-0.4, -0.2) is 61.4 Å². The molecule has 10 heteroatoms. The average molecular weight is 376 g/mol. The molecule has 0 aliphatic carbocycles. The van der Waals surface area contributed by atoms with Crippen LogP contribution in [0, 0.1) is 5.82 Å². The minimum Gasteiger partial charge on any atom is -0.485 e. The highest BCUT2D eigenvalue weighted by atomic mass is 35.5. The lowest BCUT2D eigenvalue weighted by atomic mass is 10.2. The Morgan fingerprint density at radius 1 is 1.29 bits per heavy atom. The number of hydrogen-bond acceptors (Lipinski definition) is 5. The van der Waals surface area contributed by atoms with Crippen LogP contribution in [0.25, 0.3) is 0 Å². The maximum absolute atomic E-state index is 14.3. The third-order valence-corrected chi connectivity index (χ3v) is 3.39. The molecule has 7 nitrogen and oxygen atoms in total. The molecule has 1 aromatic carbocycles. The highest BCUT2D eigenvalue weighted by Gasteiger charge is 2.30. The Hall–Kier alpha value is -2.26. The monoisotopic (exact) mass is 375 g/mol. The first kappa shape index (κ1) is 19.8. The van der Waals surface area contributed by atoms with Crippen LogP contribution in [-0.2, 0) is 4.79 Å². The van der Waals surface area contributed by atoms with Gasteiger partial charge in [-0.3, -0.25) is 9.69 Å². The Balaban J connectivity index is 3.46. The molecule has 0 saturated carbocycles. The smallest absolute Gasteiger partial charge is 0.337 e. The van der Waals surface area contributed by atoms with Crippen LogP contribution < -0.4 is 9.64 Å². The molecule has 0 atom stereocenters. The van der Waals surface area contributed by atoms with Crippen LogP contribution in [0.2, 0.25) is 5.02 Å². The number of carbonyl (C=O) groups excluding carboxylic acids is 3. The summed E-state index contributed by atoms with van der Waals surface area (Å²) in [7, 11) is 4.12. The van der Waals surface area contributed by atoms with Gasteiger partial charge in [0.2, 0.25) is 0 Å². The molecule has 0 aromatic heterocycles. The molecule has 0 bridgehead atoms. The number of imide groups is 1. The molecular weight excluding hydrogens is 361 g/mol. The van der Waals surface area contributed by atoms with Gasteiger partial charge in [0.25, 0.3) is 0 Å². The number of halogens is 2. The number of nitrogens with zero attached hydrogens (tertiary/aromatic N) is 3. The summed E-state index contributed by atoms with van der Waals surface area (Å²) < 4.78 is 19.4. The maximum Gasteiger partial charge on any atom is 0.337 e. The minimum atomic E-state index is -0.917. The van der Waals surface area contributed by atoms with Gasteiger partial charge in [-0.1, -0.05) is 23.8 Å². The van der Waals surface area contributed by atoms with E-state index in [0.29, 0.717) is 11.2 Å². The van der Waals surface area contributed by atoms with Gasteiger partial charge in [-0.15, -0.1) is 0 Å². The predicted molar refractivity (Wildman–Crippen MR) is 91.3 cm³/mol. The number of anilines is 1. The quantitative estimate of drug-likeness (QED) is 0.584. The number of thiocarbonyl (C=S) groups is 1. The van der Waals surface area contributed by atoms with Gasteiger partial charge >= 0.3 is 12.1 Å². The van der Waals surface area contributed by atoms with E-state index in [1.165, 1.54) is 21.1 Å². The first-order valence-corrected chi connectivity index (χ1v) is 7.38. The molecule has 0 unspecified atom stereocenters. The predicted octanol–water partition coefficient (Wildman–Crippen LogP) is 2.55. The van der Waals surface area contributed by atoms with E-state index in [0.717, 1.165) is 27.4 Å². The number of aldehydes is 1. The van der Waals surface area contributed by atoms with Crippen molar-refractivity contribution in [3.63, 3.8) is 0 Å². The Labute approximate surface area is 148 Å². The normalized spacial score (nSPS) is 9.88. The standard InChI is InChI=1S/C14H15ClFN3O4S/c1-17(2)13(21)19(14(22)18(3)8-24)11-7-12(23-5-4-20)9(15)6-10(11)16/h4,6-8H,5H2,1-3H3. The van der Waals surface area contributed by atoms with Gasteiger partial charge in [-0.2, -0.15) is 0 Å². The molecule has 0 N–H and O–H groups in total. The summed E-state index contributed by atoms with van der Waals surface area (Å²) in [6.07, 6.45) is 0.479. The SMILES string of the molecule is CN(C)C(=O)N(C(=O)N(C)C=S)c1cc(OCC=O)c(Cl)cc1F. The Morgan fingerprint density at radius 2 is 1.92 bits per heavy atom. The second-order valence-electron chi connectivity index (χ2n) is 4.72. The summed E-state index contributed by atoms with van der Waals surface area (Å²) in [5, 5.41) is -0.106. The summed E-state index contributed by atoms with van der Waals surface area (Å²) in [6.45, 7) is -0.319. The molecule has 1 rings (SSSR count). The molecule has 0 aliphatic rings. The molecule has 0 spiro atoms. The zero-order chi connectivity index (χ0) is 18.4. The van der Waals surface area contributed by atoms with Crippen LogP contribution in [0.5, 0.6) is 5.75 Å². The fourth-order valence-electron chi connectivity index (χ4n) is 1.61. The van der Waals surface area contributed by atoms with Crippen LogP contribution in [0.4, 0.5) is 19.7 Å². The molecule has 0 heterocycles. The maximum atomic E-state index is 14.3. The zero-order valence-electron chi connectivity index (χ0n) is 13.2. The van der Waals surface area contributed by atoms with E-state index in [-0.39, 0.29) is 23.1 Å². The lowest BCUT2D eigenvalue weighted by molar-refractivity contribution is -0.109. The van der Waals surface area contributed by atoms with Crippen LogP contribution in [0.3, 0.4) is 0 Å². The van der Waals surface area contributed by atoms with Gasteiger partial charge in [-0.25, -0.2) is 18.9 Å². The van der Waals surface area contributed by atoms with E-state index >= 15 is 0 Å². The molecule has 0 aliphatic heterocycles. The van der Waals surface area contributed by atoms with Gasteiger partial charge < -0.3 is 9.64 Å². The molecule has 4 amide bonds. The van der Waals surface area contributed by atoms with E-state index in [1.54, 1.807) is 0 Å². The van der Waals surface area contributed by atoms with Crippen LogP contribution in [0.15, 0.2) is 12.1 Å². The van der Waals surface area contributed by atoms with Crippen LogP contribution in [0.1, 0.15) is 0 Å². The van der Waals surface area contributed by atoms with E-state index in [9.17, 15) is 18.8 Å². The number of urea groups is 2. The minimum absolute atomic E-state index is 0.0467. The van der Waals surface area contributed by atoms with Gasteiger partial charge in [-0.05, 0) is 6.07 Å². The molecule has 130 valence electrons. The number of rotatable bonds is 5. The van der Waals surface area contributed by atoms with Gasteiger partial charge in [0.15, 0.2) is 6.29 Å². The van der Waals surface area contributed by atoms with E-state index in [1.807, 2.05) is 0 Å². The number of benzene rings is 1. The van der Waals surface area contributed by atoms with Gasteiger partial charge in [0.05, 0.1) is 16.2 Å². The van der Waals surface area contributed by atoms with Crippen molar-refractivity contribution in [2.45, 2.75) is 0 Å². The summed E-state index contributed by atoms with van der Waals surface area (Å²) >= 11 is 10.5. The lowest BCUT2D eigenvalue weighted by Crippen LogP contribution is -2.48. The molecule has 0 fully saturated rings. The van der Waals surface area contributed by atoms with E-state index in [2.05, 4.69) is 12.2 Å². The van der Waals surface area contributed by atoms with Gasteiger partial charge in [0.1, 0.15) is 18.2 Å². The average Bonchev–Trinajstić information content (AvgIpc) is 2.54. The molecule has 1 aromatic rings. The van der Waals surface area contributed by atoms with Crippen LogP contribution >= 0.6 is 23.8 Å². The first-order valence-electron chi connectivity index (χ1n) is 6.53. The highest BCUT2D eigenvalue weighted by molar-refractivity contribution is 7.78. The third kappa shape index (κ3) is 4.39. The molecule has 0 saturated heterocycles. The van der Waals surface area contributed by atoms with Crippen molar-refractivity contribution < 1.29 is 23.5 Å². The number of carbonyl (C=O) groups is 3. The third-order valence-electron chi connectivity index (χ3n) is 2.77. The van der Waals surface area contributed by atoms with Crippen molar-refractivity contribution in [3.8, 4) is 5.75 Å². The summed E-state index contributed by atoms with van der Waals surface area (Å²) in [5.74, 6) is -0.964. The van der Waals surface area contributed by atoms with Crippen molar-refractivity contribution in [2.24, 2.45) is 0 Å². The highest BCUT2D eigenvalue weighted by Crippen LogP contribution is 2.33. The Bertz CT molecular complexity index is 672. The largest absolute Gasteiger partial charge is 0.485 e. The topological polar surface area (TPSA) is 70.2 Å². The first-order chi connectivity index (χ1) is 11.2. The van der Waals surface area contributed by atoms with Crippen molar-refractivity contribution in [1.82, 2.24) is 9.80 Å². The second-order valence-corrected chi connectivity index (χ2v) is 5.34. The van der Waals surface area contributed by atoms with E-state index < -0.39 is 17.9 Å². The second kappa shape index (κ2) is 8.55. The Kier molecular flexibility index (Phi) is 7.05. The number of hydrogen-bond donors (Lipinski definition) is 0. The molecule has 0 radical (unpaired) electrons. The van der Waals surface area contributed by atoms with Crippen molar-refractivity contribution in [3.05, 3.63) is 23.0 Å². The Morgan fingerprint density at radius 3 is 2.42 bits per heavy atom. The van der Waals surface area contributed by atoms with Crippen molar-refractivity contribution >= 4 is 53.3 Å². The molecule has 24 heavy (non-hydrogen) atoms. The number of amides is 4. The fraction of sp³-hybridized carbons (Fsp3) is 0.286. The van der Waals surface area contributed by atoms with Crippen molar-refractivity contribution in [2.75, 3.05) is 32.6 Å². The van der Waals surface area contributed by atoms with E-state index in [4.69, 9.17) is 16.3 Å². The van der Waals surface area contributed by atoms with Gasteiger partial charge in [0, 0.05) is 27.2 Å².